The van der Waals surface area contributed by atoms with Crippen LogP contribution in [0.2, 0.25) is 0 Å². The van der Waals surface area contributed by atoms with Crippen molar-refractivity contribution < 1.29 is 9.53 Å². The molecule has 148 valence electrons. The van der Waals surface area contributed by atoms with Gasteiger partial charge in [0.25, 0.3) is 0 Å². The summed E-state index contributed by atoms with van der Waals surface area (Å²) in [5.41, 5.74) is 0.919. The lowest BCUT2D eigenvalue weighted by atomic mass is 10.1. The summed E-state index contributed by atoms with van der Waals surface area (Å²) in [6.07, 6.45) is 0. The summed E-state index contributed by atoms with van der Waals surface area (Å²) in [7, 11) is 0. The van der Waals surface area contributed by atoms with E-state index in [1.54, 1.807) is 11.3 Å². The lowest BCUT2D eigenvalue weighted by Crippen LogP contribution is -2.43. The molecule has 2 N–H and O–H groups in total. The van der Waals surface area contributed by atoms with E-state index in [9.17, 15) is 4.79 Å². The van der Waals surface area contributed by atoms with Gasteiger partial charge in [-0.1, -0.05) is 0 Å². The second kappa shape index (κ2) is 8.08. The average Bonchev–Trinajstić information content (AvgIpc) is 2.86. The highest BCUT2D eigenvalue weighted by Gasteiger charge is 2.19. The number of aromatic nitrogens is 2. The fourth-order valence-electron chi connectivity index (χ4n) is 3.08. The number of morpholine rings is 1. The van der Waals surface area contributed by atoms with Crippen molar-refractivity contribution in [1.82, 2.24) is 20.2 Å². The SMILES string of the molecule is Cc1sc2nc(CN3CCOCC3)nc(NCC(=O)NC(C)(C)C)c2c1C. The zero-order chi connectivity index (χ0) is 19.6. The molecule has 8 heteroatoms. The smallest absolute Gasteiger partial charge is 0.239 e. The van der Waals surface area contributed by atoms with Crippen LogP contribution in [0.3, 0.4) is 0 Å². The Bertz CT molecular complexity index is 822. The maximum Gasteiger partial charge on any atom is 0.239 e. The molecule has 0 radical (unpaired) electrons. The molecule has 0 bridgehead atoms. The highest BCUT2D eigenvalue weighted by Crippen LogP contribution is 2.33. The number of amides is 1. The van der Waals surface area contributed by atoms with Gasteiger partial charge in [-0.25, -0.2) is 9.97 Å². The zero-order valence-corrected chi connectivity index (χ0v) is 17.6. The van der Waals surface area contributed by atoms with Gasteiger partial charge in [-0.15, -0.1) is 11.3 Å². The van der Waals surface area contributed by atoms with Gasteiger partial charge in [0, 0.05) is 23.5 Å². The minimum Gasteiger partial charge on any atom is -0.379 e. The minimum absolute atomic E-state index is 0.0476. The van der Waals surface area contributed by atoms with Crippen LogP contribution >= 0.6 is 11.3 Å². The first kappa shape index (κ1) is 20.0. The van der Waals surface area contributed by atoms with Crippen LogP contribution in [0, 0.1) is 13.8 Å². The number of nitrogens with one attached hydrogen (secondary N) is 2. The largest absolute Gasteiger partial charge is 0.379 e. The molecule has 1 fully saturated rings. The second-order valence-electron chi connectivity index (χ2n) is 7.99. The molecule has 1 aliphatic rings. The number of carbonyl (C=O) groups is 1. The van der Waals surface area contributed by atoms with Crippen molar-refractivity contribution in [2.45, 2.75) is 46.7 Å². The number of nitrogens with zero attached hydrogens (tertiary/aromatic N) is 3. The highest BCUT2D eigenvalue weighted by molar-refractivity contribution is 7.18. The monoisotopic (exact) mass is 391 g/mol. The molecular weight excluding hydrogens is 362 g/mol. The van der Waals surface area contributed by atoms with E-state index in [1.165, 1.54) is 10.4 Å². The molecule has 3 rings (SSSR count). The Morgan fingerprint density at radius 2 is 1.93 bits per heavy atom. The summed E-state index contributed by atoms with van der Waals surface area (Å²) in [5, 5.41) is 7.24. The van der Waals surface area contributed by atoms with Crippen LogP contribution in [-0.2, 0) is 16.1 Å². The van der Waals surface area contributed by atoms with Crippen molar-refractivity contribution >= 4 is 33.3 Å². The van der Waals surface area contributed by atoms with Crippen LogP contribution in [0.15, 0.2) is 0 Å². The third-order valence-electron chi connectivity index (χ3n) is 4.47. The third-order valence-corrected chi connectivity index (χ3v) is 5.58. The lowest BCUT2D eigenvalue weighted by Gasteiger charge is -2.26. The number of aryl methyl sites for hydroxylation is 2. The van der Waals surface area contributed by atoms with Crippen molar-refractivity contribution in [1.29, 1.82) is 0 Å². The summed E-state index contributed by atoms with van der Waals surface area (Å²) >= 11 is 1.68. The van der Waals surface area contributed by atoms with Crippen LogP contribution in [0.4, 0.5) is 5.82 Å². The molecule has 3 heterocycles. The molecule has 1 amide bonds. The van der Waals surface area contributed by atoms with Crippen molar-refractivity contribution in [2.24, 2.45) is 0 Å². The molecule has 2 aromatic heterocycles. The quantitative estimate of drug-likeness (QED) is 0.815. The molecule has 27 heavy (non-hydrogen) atoms. The molecule has 1 aliphatic heterocycles. The average molecular weight is 392 g/mol. The Morgan fingerprint density at radius 1 is 1.22 bits per heavy atom. The van der Waals surface area contributed by atoms with Crippen LogP contribution < -0.4 is 10.6 Å². The van der Waals surface area contributed by atoms with Crippen molar-refractivity contribution in [3.05, 3.63) is 16.3 Å². The first-order valence-electron chi connectivity index (χ1n) is 9.34. The van der Waals surface area contributed by atoms with Gasteiger partial charge in [-0.3, -0.25) is 9.69 Å². The molecular formula is C19H29N5O2S. The van der Waals surface area contributed by atoms with Crippen molar-refractivity contribution in [2.75, 3.05) is 38.2 Å². The van der Waals surface area contributed by atoms with E-state index in [-0.39, 0.29) is 18.0 Å². The Labute approximate surface area is 164 Å². The number of thiophene rings is 1. The number of anilines is 1. The van der Waals surface area contributed by atoms with Crippen LogP contribution in [-0.4, -0.2) is 59.2 Å². The van der Waals surface area contributed by atoms with Crippen molar-refractivity contribution in [3.63, 3.8) is 0 Å². The van der Waals surface area contributed by atoms with Crippen molar-refractivity contribution in [3.8, 4) is 0 Å². The maximum absolute atomic E-state index is 12.2. The summed E-state index contributed by atoms with van der Waals surface area (Å²) in [6.45, 7) is 14.3. The first-order chi connectivity index (χ1) is 12.7. The summed E-state index contributed by atoms with van der Waals surface area (Å²) < 4.78 is 5.42. The number of rotatable bonds is 5. The van der Waals surface area contributed by atoms with Crippen LogP contribution in [0.25, 0.3) is 10.2 Å². The molecule has 0 aliphatic carbocycles. The fraction of sp³-hybridized carbons (Fsp3) is 0.632. The standard InChI is InChI=1S/C19H29N5O2S/c1-12-13(2)27-18-16(12)17(20-10-15(25)23-19(3,4)5)21-14(22-18)11-24-6-8-26-9-7-24/h6-11H2,1-5H3,(H,23,25)(H,20,21,22). The van der Waals surface area contributed by atoms with Gasteiger partial charge in [-0.2, -0.15) is 0 Å². The van der Waals surface area contributed by atoms with E-state index in [2.05, 4.69) is 29.4 Å². The Kier molecular flexibility index (Phi) is 5.98. The zero-order valence-electron chi connectivity index (χ0n) is 16.8. The molecule has 0 unspecified atom stereocenters. The number of carbonyl (C=O) groups excluding carboxylic acids is 1. The Hall–Kier alpha value is -1.77. The minimum atomic E-state index is -0.254. The van der Waals surface area contributed by atoms with Gasteiger partial charge >= 0.3 is 0 Å². The normalized spacial score (nSPS) is 15.9. The van der Waals surface area contributed by atoms with Gasteiger partial charge in [0.2, 0.25) is 5.91 Å². The summed E-state index contributed by atoms with van der Waals surface area (Å²) in [4.78, 5) is 26.3. The molecule has 7 nitrogen and oxygen atoms in total. The predicted molar refractivity (Wildman–Crippen MR) is 109 cm³/mol. The molecule has 0 saturated carbocycles. The number of ether oxygens (including phenoxy) is 1. The highest BCUT2D eigenvalue weighted by atomic mass is 32.1. The van der Waals surface area contributed by atoms with Gasteiger partial charge in [0.1, 0.15) is 16.5 Å². The molecule has 0 atom stereocenters. The van der Waals surface area contributed by atoms with E-state index < -0.39 is 0 Å². The van der Waals surface area contributed by atoms with Crippen LogP contribution in [0.1, 0.15) is 37.0 Å². The van der Waals surface area contributed by atoms with E-state index in [0.29, 0.717) is 6.54 Å². The van der Waals surface area contributed by atoms with Gasteiger partial charge in [0.15, 0.2) is 0 Å². The predicted octanol–water partition coefficient (Wildman–Crippen LogP) is 2.47. The van der Waals surface area contributed by atoms with Gasteiger partial charge in [-0.05, 0) is 40.2 Å². The van der Waals surface area contributed by atoms with Crippen LogP contribution in [0.5, 0.6) is 0 Å². The Morgan fingerprint density at radius 3 is 2.59 bits per heavy atom. The van der Waals surface area contributed by atoms with E-state index in [1.807, 2.05) is 20.8 Å². The number of hydrogen-bond acceptors (Lipinski definition) is 7. The molecule has 1 saturated heterocycles. The summed E-state index contributed by atoms with van der Waals surface area (Å²) in [6, 6.07) is 0. The molecule has 0 spiro atoms. The van der Waals surface area contributed by atoms with E-state index in [4.69, 9.17) is 14.7 Å². The maximum atomic E-state index is 12.2. The van der Waals surface area contributed by atoms with Gasteiger partial charge in [0.05, 0.1) is 31.7 Å². The fourth-order valence-corrected chi connectivity index (χ4v) is 4.13. The third kappa shape index (κ3) is 5.15. The van der Waals surface area contributed by atoms with E-state index in [0.717, 1.165) is 48.2 Å². The first-order valence-corrected chi connectivity index (χ1v) is 10.2. The lowest BCUT2D eigenvalue weighted by molar-refractivity contribution is -0.120. The number of hydrogen-bond donors (Lipinski definition) is 2. The second-order valence-corrected chi connectivity index (χ2v) is 9.20. The molecule has 2 aromatic rings. The molecule has 0 aromatic carbocycles. The topological polar surface area (TPSA) is 79.4 Å². The van der Waals surface area contributed by atoms with Gasteiger partial charge < -0.3 is 15.4 Å². The Balaban J connectivity index is 1.83. The van der Waals surface area contributed by atoms with E-state index >= 15 is 0 Å². The summed E-state index contributed by atoms with van der Waals surface area (Å²) in [5.74, 6) is 1.48. The number of fused-ring (bicyclic) bond motifs is 1.